The van der Waals surface area contributed by atoms with E-state index >= 15 is 0 Å². The smallest absolute Gasteiger partial charge is 0.134 e. The first-order valence-corrected chi connectivity index (χ1v) is 23.6. The van der Waals surface area contributed by atoms with Gasteiger partial charge in [0.1, 0.15) is 5.84 Å². The molecule has 4 nitrogen and oxygen atoms in total. The number of aliphatic imine (C=N–C) groups is 1. The summed E-state index contributed by atoms with van der Waals surface area (Å²) in [5.74, 6) is 0.837. The fourth-order valence-electron chi connectivity index (χ4n) is 10.1. The van der Waals surface area contributed by atoms with Crippen molar-refractivity contribution in [2.75, 3.05) is 0 Å². The number of hydrogen-bond donors (Lipinski definition) is 1. The first-order valence-electron chi connectivity index (χ1n) is 23.6. The standard InChI is InChI=1S/C65H48N4/c1-44(46-20-7-3-8-21-46)38-53(47-22-9-4-10-23-47)39-45(2)68-63-36-34-51(50-28-19-29-54(40-50)69-61-32-17-15-30-55(61)56-31-16-18-33-62(56)69)41-57(63)58-42-52(35-37-64(58)68)65-66-59(48-24-11-5-12-25-48)43-60(67-65)49-26-13-6-14-27-49/h3-43,59H,1H2,2H3,(H,66,67)/b45-39+,53-38+. The molecule has 0 saturated heterocycles. The van der Waals surface area contributed by atoms with Crippen molar-refractivity contribution >= 4 is 72.0 Å². The first-order chi connectivity index (χ1) is 34.0. The molecule has 69 heavy (non-hydrogen) atoms. The van der Waals surface area contributed by atoms with Gasteiger partial charge in [-0.25, -0.2) is 4.99 Å². The molecule has 0 aliphatic carbocycles. The minimum absolute atomic E-state index is 0.0571. The van der Waals surface area contributed by atoms with Crippen molar-refractivity contribution in [1.82, 2.24) is 14.5 Å². The van der Waals surface area contributed by atoms with Crippen molar-refractivity contribution in [3.8, 4) is 16.8 Å². The second kappa shape index (κ2) is 17.7. The highest BCUT2D eigenvalue weighted by Crippen LogP contribution is 2.39. The maximum atomic E-state index is 5.33. The average molecular weight is 885 g/mol. The molecule has 0 amide bonds. The van der Waals surface area contributed by atoms with Gasteiger partial charge in [-0.2, -0.15) is 0 Å². The number of nitrogens with one attached hydrogen (secondary N) is 1. The zero-order valence-electron chi connectivity index (χ0n) is 38.3. The quantitative estimate of drug-likeness (QED) is 0.136. The number of para-hydroxylation sites is 2. The fourth-order valence-corrected chi connectivity index (χ4v) is 10.1. The van der Waals surface area contributed by atoms with E-state index in [9.17, 15) is 0 Å². The van der Waals surface area contributed by atoms with Gasteiger partial charge in [0, 0.05) is 38.5 Å². The van der Waals surface area contributed by atoms with Crippen molar-refractivity contribution in [2.45, 2.75) is 13.0 Å². The van der Waals surface area contributed by atoms with Crippen LogP contribution in [-0.2, 0) is 0 Å². The zero-order chi connectivity index (χ0) is 46.3. The van der Waals surface area contributed by atoms with Crippen LogP contribution in [0.2, 0.25) is 0 Å². The van der Waals surface area contributed by atoms with Crippen molar-refractivity contribution in [3.05, 3.63) is 283 Å². The van der Waals surface area contributed by atoms with Gasteiger partial charge in [-0.15, -0.1) is 0 Å². The van der Waals surface area contributed by atoms with Crippen LogP contribution in [0.15, 0.2) is 260 Å². The molecule has 12 rings (SSSR count). The Kier molecular flexibility index (Phi) is 10.6. The summed E-state index contributed by atoms with van der Waals surface area (Å²) in [6, 6.07) is 82.1. The number of nitrogens with zero attached hydrogens (tertiary/aromatic N) is 3. The van der Waals surface area contributed by atoms with E-state index in [1.165, 1.54) is 27.4 Å². The normalized spacial score (nSPS) is 14.2. The highest BCUT2D eigenvalue weighted by molar-refractivity contribution is 6.15. The molecule has 0 bridgehead atoms. The number of amidine groups is 1. The van der Waals surface area contributed by atoms with Crippen LogP contribution >= 0.6 is 0 Å². The second-order valence-corrected chi connectivity index (χ2v) is 17.8. The minimum atomic E-state index is -0.0571. The van der Waals surface area contributed by atoms with Crippen molar-refractivity contribution < 1.29 is 0 Å². The van der Waals surface area contributed by atoms with Crippen LogP contribution in [0.25, 0.3) is 83.0 Å². The summed E-state index contributed by atoms with van der Waals surface area (Å²) in [4.78, 5) is 5.33. The molecule has 0 spiro atoms. The predicted octanol–water partition coefficient (Wildman–Crippen LogP) is 16.3. The molecule has 4 heteroatoms. The molecular formula is C65H48N4. The van der Waals surface area contributed by atoms with Gasteiger partial charge < -0.3 is 14.5 Å². The Labute approximate surface area is 402 Å². The van der Waals surface area contributed by atoms with Gasteiger partial charge >= 0.3 is 0 Å². The summed E-state index contributed by atoms with van der Waals surface area (Å²) in [5.41, 5.74) is 17.6. The molecule has 1 aliphatic heterocycles. The lowest BCUT2D eigenvalue weighted by Gasteiger charge is -2.24. The number of hydrogen-bond acceptors (Lipinski definition) is 2. The Morgan fingerprint density at radius 3 is 1.68 bits per heavy atom. The lowest BCUT2D eigenvalue weighted by molar-refractivity contribution is 0.781. The van der Waals surface area contributed by atoms with Gasteiger partial charge in [-0.3, -0.25) is 0 Å². The third-order valence-corrected chi connectivity index (χ3v) is 13.4. The van der Waals surface area contributed by atoms with Gasteiger partial charge in [0.2, 0.25) is 0 Å². The molecule has 0 radical (unpaired) electrons. The van der Waals surface area contributed by atoms with Gasteiger partial charge in [0.15, 0.2) is 0 Å². The molecule has 1 aliphatic rings. The molecule has 11 aromatic rings. The summed E-state index contributed by atoms with van der Waals surface area (Å²) in [5, 5.41) is 8.63. The maximum absolute atomic E-state index is 5.33. The summed E-state index contributed by atoms with van der Waals surface area (Å²) in [7, 11) is 0. The van der Waals surface area contributed by atoms with E-state index in [0.29, 0.717) is 0 Å². The van der Waals surface area contributed by atoms with E-state index in [-0.39, 0.29) is 6.04 Å². The highest BCUT2D eigenvalue weighted by atomic mass is 15.1. The van der Waals surface area contributed by atoms with E-state index < -0.39 is 0 Å². The third kappa shape index (κ3) is 7.78. The number of fused-ring (bicyclic) bond motifs is 6. The molecule has 9 aromatic carbocycles. The van der Waals surface area contributed by atoms with E-state index in [0.717, 1.165) is 89.2 Å². The SMILES string of the molecule is C=C(/C=C(\C=C(/C)n1c2ccc(C3=NC(c4ccccc4)=CC(c4ccccc4)N3)cc2c2cc(-c3cccc(-n4c5ccccc5c5ccccc54)c3)ccc21)c1ccccc1)c1ccccc1. The molecule has 3 heterocycles. The van der Waals surface area contributed by atoms with E-state index in [2.05, 4.69) is 271 Å². The predicted molar refractivity (Wildman–Crippen MR) is 292 cm³/mol. The van der Waals surface area contributed by atoms with Crippen LogP contribution in [0.5, 0.6) is 0 Å². The fraction of sp³-hybridized carbons (Fsp3) is 0.0308. The summed E-state index contributed by atoms with van der Waals surface area (Å²) < 4.78 is 4.80. The zero-order valence-corrected chi connectivity index (χ0v) is 38.3. The highest BCUT2D eigenvalue weighted by Gasteiger charge is 2.22. The summed E-state index contributed by atoms with van der Waals surface area (Å²) in [6.45, 7) is 6.73. The van der Waals surface area contributed by atoms with E-state index in [1.54, 1.807) is 0 Å². The molecule has 328 valence electrons. The Balaban J connectivity index is 1.04. The maximum Gasteiger partial charge on any atom is 0.134 e. The minimum Gasteiger partial charge on any atom is -0.359 e. The summed E-state index contributed by atoms with van der Waals surface area (Å²) in [6.07, 6.45) is 6.74. The van der Waals surface area contributed by atoms with Crippen LogP contribution in [-0.4, -0.2) is 15.0 Å². The first kappa shape index (κ1) is 41.4. The second-order valence-electron chi connectivity index (χ2n) is 17.8. The number of allylic oxidation sites excluding steroid dienone is 5. The number of rotatable bonds is 10. The lowest BCUT2D eigenvalue weighted by Crippen LogP contribution is -2.31. The van der Waals surface area contributed by atoms with Crippen LogP contribution in [0.4, 0.5) is 0 Å². The van der Waals surface area contributed by atoms with E-state index in [4.69, 9.17) is 4.99 Å². The van der Waals surface area contributed by atoms with Gasteiger partial charge in [-0.05, 0) is 124 Å². The molecule has 2 aromatic heterocycles. The molecular weight excluding hydrogens is 837 g/mol. The Morgan fingerprint density at radius 1 is 0.478 bits per heavy atom. The third-order valence-electron chi connectivity index (χ3n) is 13.4. The lowest BCUT2D eigenvalue weighted by atomic mass is 9.99. The van der Waals surface area contributed by atoms with Gasteiger partial charge in [0.05, 0.1) is 33.8 Å². The molecule has 1 atom stereocenters. The monoisotopic (exact) mass is 884 g/mol. The van der Waals surface area contributed by atoms with Crippen molar-refractivity contribution in [3.63, 3.8) is 0 Å². The average Bonchev–Trinajstić information content (AvgIpc) is 3.94. The number of benzene rings is 9. The largest absolute Gasteiger partial charge is 0.359 e. The number of aromatic nitrogens is 2. The Morgan fingerprint density at radius 2 is 1.01 bits per heavy atom. The topological polar surface area (TPSA) is 34.2 Å². The van der Waals surface area contributed by atoms with Gasteiger partial charge in [0.25, 0.3) is 0 Å². The molecule has 1 N–H and O–H groups in total. The van der Waals surface area contributed by atoms with Crippen LogP contribution in [0.3, 0.4) is 0 Å². The summed E-state index contributed by atoms with van der Waals surface area (Å²) >= 11 is 0. The van der Waals surface area contributed by atoms with Crippen molar-refractivity contribution in [1.29, 1.82) is 0 Å². The van der Waals surface area contributed by atoms with Crippen LogP contribution in [0, 0.1) is 0 Å². The molecule has 0 saturated carbocycles. The van der Waals surface area contributed by atoms with Gasteiger partial charge in [-0.1, -0.05) is 183 Å². The molecule has 0 fully saturated rings. The molecule has 1 unspecified atom stereocenters. The Bertz CT molecular complexity index is 3810. The van der Waals surface area contributed by atoms with Crippen molar-refractivity contribution in [2.24, 2.45) is 4.99 Å². The van der Waals surface area contributed by atoms with Crippen LogP contribution in [0.1, 0.15) is 40.8 Å². The van der Waals surface area contributed by atoms with Crippen LogP contribution < -0.4 is 5.32 Å². The Hall–Kier alpha value is -8.99. The van der Waals surface area contributed by atoms with E-state index in [1.807, 2.05) is 6.07 Å².